The quantitative estimate of drug-likeness (QED) is 0.233. The van der Waals surface area contributed by atoms with Gasteiger partial charge in [0.2, 0.25) is 5.75 Å². The molecule has 2 aromatic rings. The van der Waals surface area contributed by atoms with Crippen LogP contribution in [0.4, 0.5) is 17.1 Å². The van der Waals surface area contributed by atoms with E-state index >= 15 is 0 Å². The van der Waals surface area contributed by atoms with Gasteiger partial charge in [-0.15, -0.1) is 0 Å². The Morgan fingerprint density at radius 1 is 0.889 bits per heavy atom. The number of alkyl halides is 1. The zero-order valence-corrected chi connectivity index (χ0v) is 16.4. The molecule has 0 aromatic heterocycles. The largest absolute Gasteiger partial charge is 0.450 e. The van der Waals surface area contributed by atoms with Crippen LogP contribution in [0.5, 0.6) is 11.5 Å². The van der Waals surface area contributed by atoms with E-state index in [1.165, 1.54) is 18.2 Å². The minimum Gasteiger partial charge on any atom is -0.450 e. The number of ether oxygens (including phenoxy) is 1. The van der Waals surface area contributed by atoms with E-state index in [0.717, 1.165) is 18.2 Å². The second kappa shape index (κ2) is 7.82. The van der Waals surface area contributed by atoms with E-state index in [4.69, 9.17) is 4.74 Å². The van der Waals surface area contributed by atoms with Gasteiger partial charge in [0.15, 0.2) is 0 Å². The second-order valence-corrected chi connectivity index (χ2v) is 9.13. The molecule has 0 spiro atoms. The van der Waals surface area contributed by atoms with Gasteiger partial charge in [-0.1, -0.05) is 36.4 Å². The highest BCUT2D eigenvalue weighted by Crippen LogP contribution is 2.38. The zero-order valence-electron chi connectivity index (χ0n) is 14.2. The molecule has 0 aliphatic heterocycles. The third-order valence-electron chi connectivity index (χ3n) is 3.44. The first kappa shape index (κ1) is 20.5. The van der Waals surface area contributed by atoms with Crippen molar-refractivity contribution < 1.29 is 19.5 Å². The maximum absolute atomic E-state index is 11.3. The van der Waals surface area contributed by atoms with Crippen molar-refractivity contribution in [1.29, 1.82) is 0 Å². The molecule has 0 unspecified atom stereocenters. The normalized spacial score (nSPS) is 11.1. The number of nitro groups is 3. The highest BCUT2D eigenvalue weighted by atomic mass is 127. The summed E-state index contributed by atoms with van der Waals surface area (Å²) in [5.74, 6) is 0.0225. The average molecular weight is 487 g/mol. The van der Waals surface area contributed by atoms with E-state index < -0.39 is 26.1 Å². The first-order valence-corrected chi connectivity index (χ1v) is 8.63. The van der Waals surface area contributed by atoms with E-state index in [1.54, 1.807) is 0 Å². The van der Waals surface area contributed by atoms with E-state index in [-0.39, 0.29) is 20.6 Å². The summed E-state index contributed by atoms with van der Waals surface area (Å²) in [6.45, 7) is 3.84. The number of non-ortho nitro benzene ring substituents is 2. The van der Waals surface area contributed by atoms with Crippen molar-refractivity contribution in [3.05, 3.63) is 72.3 Å². The molecule has 0 aliphatic carbocycles. The molecule has 2 rings (SSSR count). The van der Waals surface area contributed by atoms with Crippen LogP contribution >= 0.6 is 22.6 Å². The van der Waals surface area contributed by atoms with Gasteiger partial charge in [0.1, 0.15) is 5.75 Å². The maximum atomic E-state index is 11.3. The maximum Gasteiger partial charge on any atom is 0.318 e. The summed E-state index contributed by atoms with van der Waals surface area (Å²) in [6.07, 6.45) is 0.408. The van der Waals surface area contributed by atoms with Crippen LogP contribution in [0.1, 0.15) is 19.4 Å². The van der Waals surface area contributed by atoms with Gasteiger partial charge in [0.25, 0.3) is 11.4 Å². The molecule has 27 heavy (non-hydrogen) atoms. The number of rotatable bonds is 7. The first-order valence-electron chi connectivity index (χ1n) is 7.55. The fourth-order valence-corrected chi connectivity index (χ4v) is 2.75. The van der Waals surface area contributed by atoms with Gasteiger partial charge in [-0.3, -0.25) is 30.3 Å². The van der Waals surface area contributed by atoms with Crippen LogP contribution in [0.3, 0.4) is 0 Å². The molecular weight excluding hydrogens is 473 g/mol. The predicted molar refractivity (Wildman–Crippen MR) is 105 cm³/mol. The highest BCUT2D eigenvalue weighted by Gasteiger charge is 2.24. The zero-order chi connectivity index (χ0) is 20.4. The van der Waals surface area contributed by atoms with Crippen LogP contribution in [0.25, 0.3) is 0 Å². The number of hydrogen-bond acceptors (Lipinski definition) is 7. The number of hydrogen-bond donors (Lipinski definition) is 0. The molecule has 0 amide bonds. The van der Waals surface area contributed by atoms with Crippen molar-refractivity contribution in [2.45, 2.75) is 23.7 Å². The van der Waals surface area contributed by atoms with Gasteiger partial charge in [-0.05, 0) is 18.6 Å². The molecule has 0 heterocycles. The van der Waals surface area contributed by atoms with Crippen LogP contribution < -0.4 is 4.74 Å². The van der Waals surface area contributed by atoms with Crippen molar-refractivity contribution in [3.8, 4) is 11.5 Å². The summed E-state index contributed by atoms with van der Waals surface area (Å²) in [5.41, 5.74) is -0.638. The Morgan fingerprint density at radius 3 is 1.89 bits per heavy atom. The molecule has 2 aromatic carbocycles. The Hall–Kier alpha value is -2.83. The Morgan fingerprint density at radius 2 is 1.41 bits per heavy atom. The topological polar surface area (TPSA) is 139 Å². The number of benzene rings is 2. The summed E-state index contributed by atoms with van der Waals surface area (Å²) in [5, 5.41) is 33.1. The molecular formula is C16H14IN3O7. The molecule has 0 saturated carbocycles. The van der Waals surface area contributed by atoms with Crippen molar-refractivity contribution in [3.63, 3.8) is 0 Å². The molecule has 10 nitrogen and oxygen atoms in total. The molecule has 0 fully saturated rings. The summed E-state index contributed by atoms with van der Waals surface area (Å²) >= 11 is 2.18. The summed E-state index contributed by atoms with van der Waals surface area (Å²) in [4.78, 5) is 31.1. The van der Waals surface area contributed by atoms with Crippen LogP contribution in [-0.4, -0.2) is 18.2 Å². The minimum atomic E-state index is -0.782. The first-order chi connectivity index (χ1) is 12.5. The lowest BCUT2D eigenvalue weighted by atomic mass is 10.0. The van der Waals surface area contributed by atoms with E-state index in [9.17, 15) is 30.3 Å². The van der Waals surface area contributed by atoms with Crippen molar-refractivity contribution >= 4 is 39.7 Å². The van der Waals surface area contributed by atoms with E-state index in [0.29, 0.717) is 12.0 Å². The third kappa shape index (κ3) is 5.32. The van der Waals surface area contributed by atoms with Crippen LogP contribution in [0.2, 0.25) is 0 Å². The summed E-state index contributed by atoms with van der Waals surface area (Å²) in [7, 11) is 0. The smallest absolute Gasteiger partial charge is 0.318 e. The van der Waals surface area contributed by atoms with Gasteiger partial charge < -0.3 is 4.74 Å². The molecule has 142 valence electrons. The minimum absolute atomic E-state index is 0.129. The fourth-order valence-electron chi connectivity index (χ4n) is 2.34. The third-order valence-corrected chi connectivity index (χ3v) is 3.82. The van der Waals surface area contributed by atoms with Gasteiger partial charge >= 0.3 is 5.69 Å². The molecule has 0 bridgehead atoms. The second-order valence-electron chi connectivity index (χ2n) is 6.21. The van der Waals surface area contributed by atoms with Gasteiger partial charge in [0.05, 0.1) is 20.8 Å². The Kier molecular flexibility index (Phi) is 5.93. The lowest BCUT2D eigenvalue weighted by Gasteiger charge is -2.18. The lowest BCUT2D eigenvalue weighted by Crippen LogP contribution is -2.14. The molecule has 0 aliphatic rings. The molecule has 0 N–H and O–H groups in total. The molecule has 0 saturated heterocycles. The molecule has 11 heteroatoms. The summed E-state index contributed by atoms with van der Waals surface area (Å²) < 4.78 is 5.37. The molecule has 0 radical (unpaired) electrons. The fraction of sp³-hybridized carbons (Fsp3) is 0.250. The van der Waals surface area contributed by atoms with Crippen LogP contribution in [-0.2, 0) is 6.42 Å². The Bertz CT molecular complexity index is 925. The average Bonchev–Trinajstić information content (AvgIpc) is 2.54. The highest BCUT2D eigenvalue weighted by molar-refractivity contribution is 14.1. The van der Waals surface area contributed by atoms with Crippen molar-refractivity contribution in [1.82, 2.24) is 0 Å². The van der Waals surface area contributed by atoms with Crippen LogP contribution in [0, 0.1) is 30.3 Å². The van der Waals surface area contributed by atoms with Crippen molar-refractivity contribution in [2.75, 3.05) is 0 Å². The number of nitrogens with zero attached hydrogens (tertiary/aromatic N) is 3. The van der Waals surface area contributed by atoms with Gasteiger partial charge in [0, 0.05) is 27.2 Å². The Labute approximate surface area is 166 Å². The Balaban J connectivity index is 2.51. The van der Waals surface area contributed by atoms with E-state index in [2.05, 4.69) is 22.6 Å². The van der Waals surface area contributed by atoms with Gasteiger partial charge in [-0.2, -0.15) is 0 Å². The lowest BCUT2D eigenvalue weighted by molar-refractivity contribution is -0.394. The van der Waals surface area contributed by atoms with Crippen molar-refractivity contribution in [2.24, 2.45) is 0 Å². The van der Waals surface area contributed by atoms with Gasteiger partial charge in [-0.25, -0.2) is 0 Å². The van der Waals surface area contributed by atoms with Crippen LogP contribution in [0.15, 0.2) is 36.4 Å². The monoisotopic (exact) mass is 487 g/mol. The standard InChI is InChI=1S/C16H14IN3O7/c1-16(2,17)9-10-7-11(18(21)22)3-5-14(10)27-15-6-4-12(19(23)24)8-13(15)20(25)26/h3-8H,9H2,1-2H3. The number of halogens is 1. The number of nitro benzene ring substituents is 3. The molecule has 0 atom stereocenters. The summed E-state index contributed by atoms with van der Waals surface area (Å²) in [6, 6.07) is 6.99. The SMILES string of the molecule is CC(C)(I)Cc1cc([N+](=O)[O-])ccc1Oc1ccc([N+](=O)[O-])cc1[N+](=O)[O-]. The predicted octanol–water partition coefficient (Wildman–Crippen LogP) is 4.96. The van der Waals surface area contributed by atoms with E-state index in [1.807, 2.05) is 13.8 Å².